The fourth-order valence-electron chi connectivity index (χ4n) is 1.43. The highest BCUT2D eigenvalue weighted by Gasteiger charge is 2.02. The first-order chi connectivity index (χ1) is 7.69. The Hall–Kier alpha value is -1.55. The van der Waals surface area contributed by atoms with Crippen molar-refractivity contribution in [3.63, 3.8) is 0 Å². The van der Waals surface area contributed by atoms with Crippen molar-refractivity contribution in [1.82, 2.24) is 9.78 Å². The summed E-state index contributed by atoms with van der Waals surface area (Å²) in [5.74, 6) is 0. The lowest BCUT2D eigenvalue weighted by atomic mass is 10.1. The summed E-state index contributed by atoms with van der Waals surface area (Å²) >= 11 is 1.64. The molecule has 0 bridgehead atoms. The van der Waals surface area contributed by atoms with Crippen molar-refractivity contribution in [2.45, 2.75) is 16.7 Å². The molecule has 0 amide bonds. The van der Waals surface area contributed by atoms with Gasteiger partial charge < -0.3 is 0 Å². The quantitative estimate of drug-likeness (QED) is 0.763. The molecule has 1 aromatic carbocycles. The van der Waals surface area contributed by atoms with Crippen molar-refractivity contribution >= 4 is 18.0 Å². The zero-order valence-electron chi connectivity index (χ0n) is 9.18. The predicted octanol–water partition coefficient (Wildman–Crippen LogP) is 2.69. The summed E-state index contributed by atoms with van der Waals surface area (Å²) in [5.41, 5.74) is 1.75. The van der Waals surface area contributed by atoms with Gasteiger partial charge in [0.1, 0.15) is 6.29 Å². The predicted molar refractivity (Wildman–Crippen MR) is 63.9 cm³/mol. The maximum atomic E-state index is 10.7. The summed E-state index contributed by atoms with van der Waals surface area (Å²) in [7, 11) is 1.89. The molecule has 1 aromatic heterocycles. The second kappa shape index (κ2) is 4.53. The Kier molecular flexibility index (Phi) is 3.10. The van der Waals surface area contributed by atoms with Crippen molar-refractivity contribution < 1.29 is 4.79 Å². The molecular weight excluding hydrogens is 220 g/mol. The third kappa shape index (κ3) is 2.33. The van der Waals surface area contributed by atoms with Gasteiger partial charge in [-0.05, 0) is 24.6 Å². The number of carbonyl (C=O) groups excluding carboxylic acids is 1. The minimum atomic E-state index is 0.746. The van der Waals surface area contributed by atoms with Crippen LogP contribution in [0.15, 0.2) is 40.4 Å². The molecule has 0 aliphatic heterocycles. The molecule has 16 heavy (non-hydrogen) atoms. The van der Waals surface area contributed by atoms with Crippen LogP contribution >= 0.6 is 11.8 Å². The fraction of sp³-hybridized carbons (Fsp3) is 0.167. The number of hydrogen-bond acceptors (Lipinski definition) is 3. The van der Waals surface area contributed by atoms with Crippen LogP contribution in [-0.2, 0) is 7.05 Å². The van der Waals surface area contributed by atoms with Crippen LogP contribution in [0, 0.1) is 6.92 Å². The number of carbonyl (C=O) groups is 1. The number of rotatable bonds is 3. The standard InChI is InChI=1S/C12H12N2OS/c1-9-5-11(4-3-10(9)8-15)16-12-6-13-14(2)7-12/h3-8H,1-2H3. The van der Waals surface area contributed by atoms with Gasteiger partial charge >= 0.3 is 0 Å². The van der Waals surface area contributed by atoms with Gasteiger partial charge in [-0.25, -0.2) is 0 Å². The first-order valence-corrected chi connectivity index (χ1v) is 5.73. The van der Waals surface area contributed by atoms with Crippen molar-refractivity contribution in [2.24, 2.45) is 7.05 Å². The zero-order valence-corrected chi connectivity index (χ0v) is 9.99. The Morgan fingerprint density at radius 2 is 2.19 bits per heavy atom. The Labute approximate surface area is 98.5 Å². The maximum Gasteiger partial charge on any atom is 0.150 e. The molecule has 2 rings (SSSR count). The minimum Gasteiger partial charge on any atom is -0.298 e. The maximum absolute atomic E-state index is 10.7. The molecule has 0 saturated carbocycles. The van der Waals surface area contributed by atoms with Gasteiger partial charge in [0.05, 0.1) is 11.1 Å². The van der Waals surface area contributed by atoms with E-state index >= 15 is 0 Å². The average molecular weight is 232 g/mol. The van der Waals surface area contributed by atoms with E-state index in [2.05, 4.69) is 5.10 Å². The second-order valence-corrected chi connectivity index (χ2v) is 4.73. The first-order valence-electron chi connectivity index (χ1n) is 4.91. The topological polar surface area (TPSA) is 34.9 Å². The molecule has 3 nitrogen and oxygen atoms in total. The van der Waals surface area contributed by atoms with E-state index < -0.39 is 0 Å². The second-order valence-electron chi connectivity index (χ2n) is 3.59. The van der Waals surface area contributed by atoms with Gasteiger partial charge in [0.25, 0.3) is 0 Å². The summed E-state index contributed by atoms with van der Waals surface area (Å²) in [6.45, 7) is 1.94. The summed E-state index contributed by atoms with van der Waals surface area (Å²) in [5, 5.41) is 4.11. The highest BCUT2D eigenvalue weighted by atomic mass is 32.2. The van der Waals surface area contributed by atoms with E-state index in [1.807, 2.05) is 44.6 Å². The number of nitrogens with zero attached hydrogens (tertiary/aromatic N) is 2. The van der Waals surface area contributed by atoms with Crippen LogP contribution in [0.25, 0.3) is 0 Å². The average Bonchev–Trinajstić information content (AvgIpc) is 2.64. The molecule has 0 aliphatic carbocycles. The van der Waals surface area contributed by atoms with E-state index in [9.17, 15) is 4.79 Å². The Balaban J connectivity index is 2.22. The largest absolute Gasteiger partial charge is 0.298 e. The SMILES string of the molecule is Cc1cc(Sc2cnn(C)c2)ccc1C=O. The van der Waals surface area contributed by atoms with Gasteiger partial charge in [0.15, 0.2) is 0 Å². The van der Waals surface area contributed by atoms with E-state index in [1.54, 1.807) is 16.4 Å². The third-order valence-corrected chi connectivity index (χ3v) is 3.22. The molecule has 0 aliphatic rings. The highest BCUT2D eigenvalue weighted by Crippen LogP contribution is 2.28. The van der Waals surface area contributed by atoms with E-state index in [4.69, 9.17) is 0 Å². The van der Waals surface area contributed by atoms with Crippen molar-refractivity contribution in [3.05, 3.63) is 41.7 Å². The molecule has 0 N–H and O–H groups in total. The van der Waals surface area contributed by atoms with Crippen LogP contribution in [0.3, 0.4) is 0 Å². The van der Waals surface area contributed by atoms with E-state index in [1.165, 1.54) is 0 Å². The molecule has 0 fully saturated rings. The molecule has 82 valence electrons. The summed E-state index contributed by atoms with van der Waals surface area (Å²) in [4.78, 5) is 12.9. The number of aldehydes is 1. The zero-order chi connectivity index (χ0) is 11.5. The van der Waals surface area contributed by atoms with Crippen molar-refractivity contribution in [1.29, 1.82) is 0 Å². The molecule has 0 radical (unpaired) electrons. The van der Waals surface area contributed by atoms with Crippen LogP contribution in [0.5, 0.6) is 0 Å². The lowest BCUT2D eigenvalue weighted by Crippen LogP contribution is -1.86. The lowest BCUT2D eigenvalue weighted by molar-refractivity contribution is 0.112. The van der Waals surface area contributed by atoms with Crippen LogP contribution in [0.1, 0.15) is 15.9 Å². The highest BCUT2D eigenvalue weighted by molar-refractivity contribution is 7.99. The van der Waals surface area contributed by atoms with Crippen LogP contribution in [-0.4, -0.2) is 16.1 Å². The van der Waals surface area contributed by atoms with Crippen molar-refractivity contribution in [3.8, 4) is 0 Å². The summed E-state index contributed by atoms with van der Waals surface area (Å²) in [6.07, 6.45) is 4.68. The summed E-state index contributed by atoms with van der Waals surface area (Å²) in [6, 6.07) is 5.82. The smallest absolute Gasteiger partial charge is 0.150 e. The van der Waals surface area contributed by atoms with Gasteiger partial charge in [-0.2, -0.15) is 5.10 Å². The third-order valence-electron chi connectivity index (χ3n) is 2.29. The van der Waals surface area contributed by atoms with E-state index in [0.29, 0.717) is 0 Å². The minimum absolute atomic E-state index is 0.746. The number of hydrogen-bond donors (Lipinski definition) is 0. The molecule has 1 heterocycles. The van der Waals surface area contributed by atoms with Crippen LogP contribution < -0.4 is 0 Å². The molecular formula is C12H12N2OS. The van der Waals surface area contributed by atoms with Gasteiger partial charge in [-0.1, -0.05) is 17.8 Å². The molecule has 0 saturated heterocycles. The molecule has 4 heteroatoms. The number of aryl methyl sites for hydroxylation is 2. The van der Waals surface area contributed by atoms with Gasteiger partial charge in [-0.3, -0.25) is 9.48 Å². The van der Waals surface area contributed by atoms with Crippen molar-refractivity contribution in [2.75, 3.05) is 0 Å². The van der Waals surface area contributed by atoms with E-state index in [0.717, 1.165) is 27.2 Å². The Bertz CT molecular complexity index is 519. The molecule has 2 aromatic rings. The lowest BCUT2D eigenvalue weighted by Gasteiger charge is -2.02. The summed E-state index contributed by atoms with van der Waals surface area (Å²) < 4.78 is 1.77. The number of benzene rings is 1. The number of aromatic nitrogens is 2. The molecule has 0 unspecified atom stereocenters. The van der Waals surface area contributed by atoms with Gasteiger partial charge in [0, 0.05) is 23.7 Å². The molecule has 0 atom stereocenters. The first kappa shape index (κ1) is 11.0. The Morgan fingerprint density at radius 1 is 1.38 bits per heavy atom. The molecule has 0 spiro atoms. The van der Waals surface area contributed by atoms with Gasteiger partial charge in [-0.15, -0.1) is 0 Å². The fourth-order valence-corrected chi connectivity index (χ4v) is 2.38. The van der Waals surface area contributed by atoms with Gasteiger partial charge in [0.2, 0.25) is 0 Å². The van der Waals surface area contributed by atoms with Crippen LogP contribution in [0.4, 0.5) is 0 Å². The Morgan fingerprint density at radius 3 is 2.75 bits per heavy atom. The van der Waals surface area contributed by atoms with Crippen LogP contribution in [0.2, 0.25) is 0 Å². The monoisotopic (exact) mass is 232 g/mol. The van der Waals surface area contributed by atoms with E-state index in [-0.39, 0.29) is 0 Å². The normalized spacial score (nSPS) is 10.4.